The molecule has 0 radical (unpaired) electrons. The second-order valence-corrected chi connectivity index (χ2v) is 5.62. The minimum atomic E-state index is 0.110. The summed E-state index contributed by atoms with van der Waals surface area (Å²) in [6, 6.07) is 10.7. The zero-order chi connectivity index (χ0) is 13.7. The van der Waals surface area contributed by atoms with Gasteiger partial charge in [0.1, 0.15) is 0 Å². The first-order valence-electron chi connectivity index (χ1n) is 7.22. The molecule has 1 aliphatic carbocycles. The smallest absolute Gasteiger partial charge is 0.233 e. The highest BCUT2D eigenvalue weighted by atomic mass is 16.1. The van der Waals surface area contributed by atoms with E-state index in [1.165, 1.54) is 18.4 Å². The SMILES string of the molecule is C[C@H](NCC(=O)NCC1CC1)[C@@H](C)c1ccccc1. The number of nitrogens with one attached hydrogen (secondary N) is 2. The Kier molecular flexibility index (Phi) is 4.97. The van der Waals surface area contributed by atoms with Crippen LogP contribution >= 0.6 is 0 Å². The second kappa shape index (κ2) is 6.71. The van der Waals surface area contributed by atoms with Gasteiger partial charge in [-0.15, -0.1) is 0 Å². The number of hydrogen-bond donors (Lipinski definition) is 2. The van der Waals surface area contributed by atoms with Gasteiger partial charge in [0.25, 0.3) is 0 Å². The van der Waals surface area contributed by atoms with Crippen LogP contribution in [-0.4, -0.2) is 25.0 Å². The van der Waals surface area contributed by atoms with E-state index in [1.54, 1.807) is 0 Å². The molecule has 1 aromatic carbocycles. The molecule has 1 aliphatic rings. The fraction of sp³-hybridized carbons (Fsp3) is 0.562. The highest BCUT2D eigenvalue weighted by molar-refractivity contribution is 5.78. The number of carbonyl (C=O) groups is 1. The van der Waals surface area contributed by atoms with Gasteiger partial charge in [0.05, 0.1) is 6.54 Å². The number of benzene rings is 1. The van der Waals surface area contributed by atoms with Gasteiger partial charge in [-0.3, -0.25) is 4.79 Å². The summed E-state index contributed by atoms with van der Waals surface area (Å²) < 4.78 is 0. The van der Waals surface area contributed by atoms with Crippen LogP contribution in [0.3, 0.4) is 0 Å². The minimum Gasteiger partial charge on any atom is -0.355 e. The van der Waals surface area contributed by atoms with Gasteiger partial charge in [-0.2, -0.15) is 0 Å². The first-order valence-corrected chi connectivity index (χ1v) is 7.22. The maximum atomic E-state index is 11.7. The standard InChI is InChI=1S/C16H24N2O/c1-12(15-6-4-3-5-7-15)13(2)17-11-16(19)18-10-14-8-9-14/h3-7,12-14,17H,8-11H2,1-2H3,(H,18,19)/t12-,13+/m1/s1. The Morgan fingerprint density at radius 1 is 1.26 bits per heavy atom. The van der Waals surface area contributed by atoms with E-state index < -0.39 is 0 Å². The molecule has 0 saturated heterocycles. The van der Waals surface area contributed by atoms with Crippen LogP contribution in [0.1, 0.15) is 38.2 Å². The molecule has 2 N–H and O–H groups in total. The van der Waals surface area contributed by atoms with Crippen LogP contribution in [0.4, 0.5) is 0 Å². The first-order chi connectivity index (χ1) is 9.16. The Bertz CT molecular complexity index is 400. The van der Waals surface area contributed by atoms with Gasteiger partial charge < -0.3 is 10.6 Å². The minimum absolute atomic E-state index is 0.110. The summed E-state index contributed by atoms with van der Waals surface area (Å²) >= 11 is 0. The number of carbonyl (C=O) groups excluding carboxylic acids is 1. The van der Waals surface area contributed by atoms with Crippen LogP contribution in [0.25, 0.3) is 0 Å². The van der Waals surface area contributed by atoms with E-state index in [9.17, 15) is 4.79 Å². The van der Waals surface area contributed by atoms with E-state index in [0.717, 1.165) is 12.5 Å². The monoisotopic (exact) mass is 260 g/mol. The van der Waals surface area contributed by atoms with Gasteiger partial charge in [0.15, 0.2) is 0 Å². The molecule has 0 aromatic heterocycles. The van der Waals surface area contributed by atoms with Crippen LogP contribution in [-0.2, 0) is 4.79 Å². The Balaban J connectivity index is 1.70. The van der Waals surface area contributed by atoms with Crippen LogP contribution in [0.5, 0.6) is 0 Å². The fourth-order valence-corrected chi connectivity index (χ4v) is 2.12. The molecule has 0 aliphatic heterocycles. The number of amides is 1. The largest absolute Gasteiger partial charge is 0.355 e. The maximum absolute atomic E-state index is 11.7. The number of rotatable bonds is 7. The van der Waals surface area contributed by atoms with Crippen molar-refractivity contribution in [2.24, 2.45) is 5.92 Å². The van der Waals surface area contributed by atoms with E-state index >= 15 is 0 Å². The van der Waals surface area contributed by atoms with Gasteiger partial charge in [-0.1, -0.05) is 37.3 Å². The predicted molar refractivity (Wildman–Crippen MR) is 78.1 cm³/mol. The molecule has 3 heteroatoms. The van der Waals surface area contributed by atoms with Gasteiger partial charge in [-0.25, -0.2) is 0 Å². The van der Waals surface area contributed by atoms with Crippen molar-refractivity contribution in [3.63, 3.8) is 0 Å². The van der Waals surface area contributed by atoms with Crippen molar-refractivity contribution in [3.05, 3.63) is 35.9 Å². The highest BCUT2D eigenvalue weighted by Gasteiger charge is 2.21. The first kappa shape index (κ1) is 14.1. The zero-order valence-electron chi connectivity index (χ0n) is 11.9. The molecule has 0 bridgehead atoms. The molecule has 1 saturated carbocycles. The van der Waals surface area contributed by atoms with Crippen molar-refractivity contribution in [3.8, 4) is 0 Å². The Hall–Kier alpha value is -1.35. The number of hydrogen-bond acceptors (Lipinski definition) is 2. The molecule has 0 spiro atoms. The average molecular weight is 260 g/mol. The molecule has 1 amide bonds. The van der Waals surface area contributed by atoms with Gasteiger partial charge in [0, 0.05) is 12.6 Å². The quantitative estimate of drug-likeness (QED) is 0.790. The summed E-state index contributed by atoms with van der Waals surface area (Å²) in [7, 11) is 0. The lowest BCUT2D eigenvalue weighted by Gasteiger charge is -2.21. The summed E-state index contributed by atoms with van der Waals surface area (Å²) in [6.45, 7) is 5.58. The Morgan fingerprint density at radius 2 is 1.95 bits per heavy atom. The van der Waals surface area contributed by atoms with Crippen molar-refractivity contribution < 1.29 is 4.79 Å². The molecule has 104 valence electrons. The molecule has 1 aromatic rings. The molecular weight excluding hydrogens is 236 g/mol. The molecule has 3 nitrogen and oxygen atoms in total. The third-order valence-electron chi connectivity index (χ3n) is 3.94. The maximum Gasteiger partial charge on any atom is 0.233 e. The zero-order valence-corrected chi connectivity index (χ0v) is 11.9. The average Bonchev–Trinajstić information content (AvgIpc) is 3.26. The normalized spacial score (nSPS) is 17.8. The summed E-state index contributed by atoms with van der Waals surface area (Å²) in [4.78, 5) is 11.7. The highest BCUT2D eigenvalue weighted by Crippen LogP contribution is 2.27. The summed E-state index contributed by atoms with van der Waals surface area (Å²) in [6.07, 6.45) is 2.55. The lowest BCUT2D eigenvalue weighted by molar-refractivity contribution is -0.120. The fourth-order valence-electron chi connectivity index (χ4n) is 2.12. The van der Waals surface area contributed by atoms with E-state index in [2.05, 4.69) is 48.7 Å². The molecule has 0 unspecified atom stereocenters. The molecule has 2 rings (SSSR count). The summed E-state index contributed by atoms with van der Waals surface area (Å²) in [5.74, 6) is 1.25. The Labute approximate surface area is 115 Å². The van der Waals surface area contributed by atoms with Gasteiger partial charge >= 0.3 is 0 Å². The van der Waals surface area contributed by atoms with Crippen molar-refractivity contribution in [2.45, 2.75) is 38.6 Å². The van der Waals surface area contributed by atoms with Crippen molar-refractivity contribution in [1.29, 1.82) is 0 Å². The second-order valence-electron chi connectivity index (χ2n) is 5.62. The van der Waals surface area contributed by atoms with Crippen LogP contribution in [0, 0.1) is 5.92 Å². The molecule has 1 fully saturated rings. The summed E-state index contributed by atoms with van der Waals surface area (Å²) in [5, 5.41) is 6.29. The lowest BCUT2D eigenvalue weighted by Crippen LogP contribution is -2.40. The molecule has 2 atom stereocenters. The van der Waals surface area contributed by atoms with Gasteiger partial charge in [-0.05, 0) is 37.2 Å². The van der Waals surface area contributed by atoms with Crippen LogP contribution in [0.15, 0.2) is 30.3 Å². The van der Waals surface area contributed by atoms with Crippen molar-refractivity contribution in [2.75, 3.05) is 13.1 Å². The predicted octanol–water partition coefficient (Wildman–Crippen LogP) is 2.29. The third kappa shape index (κ3) is 4.67. The summed E-state index contributed by atoms with van der Waals surface area (Å²) in [5.41, 5.74) is 1.31. The van der Waals surface area contributed by atoms with Crippen molar-refractivity contribution >= 4 is 5.91 Å². The molecule has 19 heavy (non-hydrogen) atoms. The lowest BCUT2D eigenvalue weighted by atomic mass is 9.94. The van der Waals surface area contributed by atoms with E-state index in [-0.39, 0.29) is 11.9 Å². The molecule has 0 heterocycles. The van der Waals surface area contributed by atoms with E-state index in [4.69, 9.17) is 0 Å². The topological polar surface area (TPSA) is 41.1 Å². The van der Waals surface area contributed by atoms with Crippen molar-refractivity contribution in [1.82, 2.24) is 10.6 Å². The van der Waals surface area contributed by atoms with Crippen LogP contribution < -0.4 is 10.6 Å². The van der Waals surface area contributed by atoms with Crippen LogP contribution in [0.2, 0.25) is 0 Å². The third-order valence-corrected chi connectivity index (χ3v) is 3.94. The van der Waals surface area contributed by atoms with E-state index in [1.807, 2.05) is 6.07 Å². The van der Waals surface area contributed by atoms with E-state index in [0.29, 0.717) is 12.5 Å². The van der Waals surface area contributed by atoms with Gasteiger partial charge in [0.2, 0.25) is 5.91 Å². The Morgan fingerprint density at radius 3 is 2.58 bits per heavy atom. The molecular formula is C16H24N2O.